The van der Waals surface area contributed by atoms with E-state index in [4.69, 9.17) is 9.29 Å². The summed E-state index contributed by atoms with van der Waals surface area (Å²) in [5.74, 6) is 0.463. The standard InChI is InChI=1S/C19H24O5S.Na/c1-2-3-4-5-6-8-15-11-16(20)13-18(12-15)24-17-9-7-10-19(14-17)25(21,22)23;/h7,9-14,20H,2-6,8H2,1H3,(H,21,22,23);/q;+1/p-1. The molecule has 0 saturated heterocycles. The zero-order valence-electron chi connectivity index (χ0n) is 15.3. The molecule has 1 N–H and O–H groups in total. The summed E-state index contributed by atoms with van der Waals surface area (Å²) in [6, 6.07) is 10.3. The largest absolute Gasteiger partial charge is 1.00 e. The van der Waals surface area contributed by atoms with Gasteiger partial charge >= 0.3 is 29.6 Å². The summed E-state index contributed by atoms with van der Waals surface area (Å²) >= 11 is 0. The molecule has 0 aliphatic rings. The van der Waals surface area contributed by atoms with Crippen LogP contribution in [0.2, 0.25) is 0 Å². The molecule has 0 aliphatic heterocycles. The molecule has 0 unspecified atom stereocenters. The first kappa shape index (κ1) is 23.0. The molecule has 0 heterocycles. The number of benzene rings is 2. The number of ether oxygens (including phenoxy) is 1. The maximum Gasteiger partial charge on any atom is 1.00 e. The van der Waals surface area contributed by atoms with Gasteiger partial charge in [-0.2, -0.15) is 8.42 Å². The van der Waals surface area contributed by atoms with Gasteiger partial charge in [-0.1, -0.05) is 44.7 Å². The van der Waals surface area contributed by atoms with Crippen LogP contribution in [-0.4, -0.2) is 13.0 Å². The summed E-state index contributed by atoms with van der Waals surface area (Å²) in [7, 11) is -4.30. The minimum absolute atomic E-state index is 0. The average molecular weight is 386 g/mol. The van der Waals surface area contributed by atoms with E-state index in [9.17, 15) is 13.5 Å². The van der Waals surface area contributed by atoms with E-state index in [2.05, 4.69) is 6.92 Å². The third-order valence-corrected chi connectivity index (χ3v) is 4.70. The van der Waals surface area contributed by atoms with Crippen molar-refractivity contribution in [3.05, 3.63) is 48.0 Å². The zero-order valence-corrected chi connectivity index (χ0v) is 18.1. The predicted octanol–water partition coefficient (Wildman–Crippen LogP) is 1.32. The Hall–Kier alpha value is -1.05. The minimum Gasteiger partial charge on any atom is -0.872 e. The molecular formula is C19H23NaO5S. The van der Waals surface area contributed by atoms with Gasteiger partial charge in [0.15, 0.2) is 0 Å². The Morgan fingerprint density at radius 3 is 2.42 bits per heavy atom. The van der Waals surface area contributed by atoms with Crippen molar-refractivity contribution in [3.8, 4) is 17.2 Å². The molecule has 2 rings (SSSR count). The van der Waals surface area contributed by atoms with Crippen molar-refractivity contribution in [2.75, 3.05) is 0 Å². The summed E-state index contributed by atoms with van der Waals surface area (Å²) < 4.78 is 37.1. The fourth-order valence-corrected chi connectivity index (χ4v) is 3.12. The Labute approximate surface area is 177 Å². The van der Waals surface area contributed by atoms with E-state index < -0.39 is 10.1 Å². The molecule has 7 heteroatoms. The normalized spacial score (nSPS) is 11.0. The van der Waals surface area contributed by atoms with Crippen molar-refractivity contribution in [2.24, 2.45) is 0 Å². The van der Waals surface area contributed by atoms with Gasteiger partial charge in [0.25, 0.3) is 10.1 Å². The predicted molar refractivity (Wildman–Crippen MR) is 94.7 cm³/mol. The molecule has 2 aromatic rings. The van der Waals surface area contributed by atoms with E-state index >= 15 is 0 Å². The van der Waals surface area contributed by atoms with Crippen LogP contribution in [0.5, 0.6) is 17.2 Å². The van der Waals surface area contributed by atoms with Crippen LogP contribution in [0.15, 0.2) is 47.4 Å². The molecule has 0 spiro atoms. The van der Waals surface area contributed by atoms with Crippen LogP contribution in [0.1, 0.15) is 44.6 Å². The van der Waals surface area contributed by atoms with Crippen molar-refractivity contribution in [1.82, 2.24) is 0 Å². The number of aryl methyl sites for hydroxylation is 1. The Kier molecular flexibility index (Phi) is 9.68. The first-order valence-corrected chi connectivity index (χ1v) is 9.89. The number of unbranched alkanes of at least 4 members (excludes halogenated alkanes) is 4. The van der Waals surface area contributed by atoms with Gasteiger partial charge in [0, 0.05) is 6.07 Å². The van der Waals surface area contributed by atoms with Crippen molar-refractivity contribution in [3.63, 3.8) is 0 Å². The van der Waals surface area contributed by atoms with Crippen LogP contribution in [0.4, 0.5) is 0 Å². The van der Waals surface area contributed by atoms with E-state index in [1.807, 2.05) is 0 Å². The zero-order chi connectivity index (χ0) is 18.3. The Morgan fingerprint density at radius 1 is 1.00 bits per heavy atom. The van der Waals surface area contributed by atoms with E-state index in [0.29, 0.717) is 5.75 Å². The molecule has 136 valence electrons. The fraction of sp³-hybridized carbons (Fsp3) is 0.368. The maximum atomic E-state index is 11.8. The van der Waals surface area contributed by atoms with Crippen LogP contribution in [0.3, 0.4) is 0 Å². The Balaban J connectivity index is 0.00000338. The maximum absolute atomic E-state index is 11.8. The molecule has 0 saturated carbocycles. The average Bonchev–Trinajstić information content (AvgIpc) is 2.53. The summed E-state index contributed by atoms with van der Waals surface area (Å²) in [5.41, 5.74) is 0.907. The molecule has 5 nitrogen and oxygen atoms in total. The van der Waals surface area contributed by atoms with E-state index in [-0.39, 0.29) is 46.0 Å². The monoisotopic (exact) mass is 386 g/mol. The number of hydrogen-bond acceptors (Lipinski definition) is 4. The van der Waals surface area contributed by atoms with Gasteiger partial charge in [-0.05, 0) is 42.7 Å². The van der Waals surface area contributed by atoms with Gasteiger partial charge in [0.2, 0.25) is 0 Å². The molecule has 0 bridgehead atoms. The molecule has 26 heavy (non-hydrogen) atoms. The van der Waals surface area contributed by atoms with E-state index in [1.165, 1.54) is 43.5 Å². The van der Waals surface area contributed by atoms with E-state index in [1.54, 1.807) is 18.2 Å². The quantitative estimate of drug-likeness (QED) is 0.399. The van der Waals surface area contributed by atoms with Gasteiger partial charge in [0.1, 0.15) is 11.5 Å². The second-order valence-corrected chi connectivity index (χ2v) is 7.45. The van der Waals surface area contributed by atoms with Gasteiger partial charge < -0.3 is 9.84 Å². The van der Waals surface area contributed by atoms with Crippen LogP contribution in [0, 0.1) is 0 Å². The third kappa shape index (κ3) is 7.68. The summed E-state index contributed by atoms with van der Waals surface area (Å²) in [6.07, 6.45) is 6.56. The summed E-state index contributed by atoms with van der Waals surface area (Å²) in [5, 5.41) is 11.8. The first-order chi connectivity index (χ1) is 11.9. The van der Waals surface area contributed by atoms with Gasteiger partial charge in [0.05, 0.1) is 4.90 Å². The first-order valence-electron chi connectivity index (χ1n) is 8.45. The molecule has 2 aromatic carbocycles. The molecule has 0 atom stereocenters. The summed E-state index contributed by atoms with van der Waals surface area (Å²) in [6.45, 7) is 2.17. The van der Waals surface area contributed by atoms with Crippen LogP contribution < -0.4 is 39.4 Å². The van der Waals surface area contributed by atoms with Crippen molar-refractivity contribution in [2.45, 2.75) is 50.3 Å². The Bertz CT molecular complexity index is 805. The van der Waals surface area contributed by atoms with Crippen LogP contribution in [-0.2, 0) is 16.5 Å². The molecular weight excluding hydrogens is 363 g/mol. The topological polar surface area (TPSA) is 86.7 Å². The SMILES string of the molecule is CCCCCCCc1cc([O-])cc(Oc2cccc(S(=O)(=O)O)c2)c1.[Na+]. The molecule has 0 aromatic heterocycles. The Morgan fingerprint density at radius 2 is 1.73 bits per heavy atom. The number of hydrogen-bond donors (Lipinski definition) is 1. The third-order valence-electron chi connectivity index (χ3n) is 3.85. The van der Waals surface area contributed by atoms with Gasteiger partial charge in [-0.25, -0.2) is 0 Å². The second-order valence-electron chi connectivity index (χ2n) is 6.03. The van der Waals surface area contributed by atoms with Crippen molar-refractivity contribution >= 4 is 10.1 Å². The van der Waals surface area contributed by atoms with Crippen molar-refractivity contribution in [1.29, 1.82) is 0 Å². The van der Waals surface area contributed by atoms with Crippen LogP contribution >= 0.6 is 0 Å². The van der Waals surface area contributed by atoms with Gasteiger partial charge in [-0.15, -0.1) is 5.75 Å². The van der Waals surface area contributed by atoms with Crippen LogP contribution in [0.25, 0.3) is 0 Å². The summed E-state index contributed by atoms with van der Waals surface area (Å²) in [4.78, 5) is -0.251. The van der Waals surface area contributed by atoms with Crippen molar-refractivity contribution < 1.29 is 52.4 Å². The second kappa shape index (κ2) is 10.9. The minimum atomic E-state index is -4.30. The fourth-order valence-electron chi connectivity index (χ4n) is 2.60. The number of rotatable bonds is 9. The smallest absolute Gasteiger partial charge is 0.872 e. The molecule has 0 fully saturated rings. The van der Waals surface area contributed by atoms with Gasteiger partial charge in [-0.3, -0.25) is 4.55 Å². The molecule has 0 amide bonds. The molecule has 0 radical (unpaired) electrons. The van der Waals surface area contributed by atoms with E-state index in [0.717, 1.165) is 24.8 Å². The molecule has 0 aliphatic carbocycles.